The summed E-state index contributed by atoms with van der Waals surface area (Å²) in [6, 6.07) is 4.85. The molecule has 0 spiro atoms. The Kier molecular flexibility index (Phi) is 5.12. The Balaban J connectivity index is 1.99. The maximum absolute atomic E-state index is 12.3. The highest BCUT2D eigenvalue weighted by molar-refractivity contribution is 6.42. The number of hydrogen-bond donors (Lipinski definition) is 2. The molecule has 0 bridgehead atoms. The third kappa shape index (κ3) is 3.69. The van der Waals surface area contributed by atoms with Gasteiger partial charge in [0.2, 0.25) is 11.8 Å². The van der Waals surface area contributed by atoms with Gasteiger partial charge in [-0.15, -0.1) is 0 Å². The average Bonchev–Trinajstić information content (AvgIpc) is 3.25. The van der Waals surface area contributed by atoms with Gasteiger partial charge in [-0.05, 0) is 37.5 Å². The van der Waals surface area contributed by atoms with Crippen molar-refractivity contribution in [1.29, 1.82) is 0 Å². The van der Waals surface area contributed by atoms with Gasteiger partial charge in [-0.25, -0.2) is 0 Å². The van der Waals surface area contributed by atoms with Crippen molar-refractivity contribution in [2.75, 3.05) is 11.9 Å². The highest BCUT2D eigenvalue weighted by atomic mass is 35.5. The van der Waals surface area contributed by atoms with Crippen LogP contribution < -0.4 is 10.6 Å². The zero-order valence-electron chi connectivity index (χ0n) is 11.8. The van der Waals surface area contributed by atoms with Gasteiger partial charge in [0, 0.05) is 12.2 Å². The minimum absolute atomic E-state index is 0.187. The van der Waals surface area contributed by atoms with Crippen molar-refractivity contribution in [3.8, 4) is 0 Å². The first kappa shape index (κ1) is 16.1. The predicted molar refractivity (Wildman–Crippen MR) is 84.7 cm³/mol. The molecule has 0 heterocycles. The molecule has 4 nitrogen and oxygen atoms in total. The van der Waals surface area contributed by atoms with Gasteiger partial charge in [0.1, 0.15) is 5.41 Å². The molecule has 21 heavy (non-hydrogen) atoms. The third-order valence-corrected chi connectivity index (χ3v) is 4.35. The number of rotatable bonds is 6. The molecule has 6 heteroatoms. The molecule has 114 valence electrons. The normalized spacial score (nSPS) is 15.4. The number of amides is 2. The summed E-state index contributed by atoms with van der Waals surface area (Å²) in [5.41, 5.74) is -0.373. The first-order valence-corrected chi connectivity index (χ1v) is 7.80. The monoisotopic (exact) mass is 328 g/mol. The van der Waals surface area contributed by atoms with Crippen LogP contribution in [0.5, 0.6) is 0 Å². The Morgan fingerprint density at radius 1 is 1.19 bits per heavy atom. The second-order valence-corrected chi connectivity index (χ2v) is 6.09. The number of unbranched alkanes of at least 4 members (excludes halogenated alkanes) is 1. The highest BCUT2D eigenvalue weighted by Crippen LogP contribution is 2.47. The van der Waals surface area contributed by atoms with E-state index in [1.807, 2.05) is 0 Å². The molecule has 1 aromatic rings. The number of benzene rings is 1. The maximum Gasteiger partial charge on any atom is 0.240 e. The van der Waals surface area contributed by atoms with Crippen LogP contribution in [0.25, 0.3) is 0 Å². The second kappa shape index (κ2) is 6.67. The van der Waals surface area contributed by atoms with Crippen LogP contribution >= 0.6 is 23.2 Å². The molecule has 1 aliphatic carbocycles. The van der Waals surface area contributed by atoms with Gasteiger partial charge in [-0.3, -0.25) is 9.59 Å². The van der Waals surface area contributed by atoms with Crippen molar-refractivity contribution in [3.05, 3.63) is 28.2 Å². The summed E-state index contributed by atoms with van der Waals surface area (Å²) in [5, 5.41) is 6.36. The summed E-state index contributed by atoms with van der Waals surface area (Å²) in [6.07, 6.45) is 3.08. The van der Waals surface area contributed by atoms with Crippen LogP contribution in [-0.2, 0) is 9.59 Å². The molecular weight excluding hydrogens is 311 g/mol. The number of carbonyl (C=O) groups excluding carboxylic acids is 2. The average molecular weight is 329 g/mol. The molecule has 1 saturated carbocycles. The summed E-state index contributed by atoms with van der Waals surface area (Å²) < 4.78 is 0. The van der Waals surface area contributed by atoms with Crippen LogP contribution in [0.3, 0.4) is 0 Å². The minimum Gasteiger partial charge on any atom is -0.355 e. The lowest BCUT2D eigenvalue weighted by molar-refractivity contribution is -0.134. The molecule has 0 aliphatic heterocycles. The zero-order valence-corrected chi connectivity index (χ0v) is 13.4. The number of carbonyl (C=O) groups is 2. The Morgan fingerprint density at radius 2 is 1.90 bits per heavy atom. The van der Waals surface area contributed by atoms with E-state index in [0.717, 1.165) is 12.8 Å². The highest BCUT2D eigenvalue weighted by Gasteiger charge is 2.56. The smallest absolute Gasteiger partial charge is 0.240 e. The van der Waals surface area contributed by atoms with E-state index in [9.17, 15) is 9.59 Å². The predicted octanol–water partition coefficient (Wildman–Crippen LogP) is 3.63. The number of nitrogens with one attached hydrogen (secondary N) is 2. The van der Waals surface area contributed by atoms with Crippen LogP contribution in [0.2, 0.25) is 10.0 Å². The van der Waals surface area contributed by atoms with E-state index in [1.165, 1.54) is 0 Å². The summed E-state index contributed by atoms with van der Waals surface area (Å²) in [7, 11) is 0. The molecule has 0 unspecified atom stereocenters. The standard InChI is InChI=1S/C15H18Cl2N2O2/c1-2-3-8-18-13(20)15(6-7-15)14(21)19-10-4-5-11(16)12(17)9-10/h4-5,9H,2-3,6-8H2,1H3,(H,18,20)(H,19,21). The van der Waals surface area contributed by atoms with E-state index in [4.69, 9.17) is 23.2 Å². The number of hydrogen-bond acceptors (Lipinski definition) is 2. The minimum atomic E-state index is -0.917. The molecule has 0 atom stereocenters. The quantitative estimate of drug-likeness (QED) is 0.618. The van der Waals surface area contributed by atoms with Gasteiger partial charge >= 0.3 is 0 Å². The molecular formula is C15H18Cl2N2O2. The van der Waals surface area contributed by atoms with Crippen LogP contribution in [0, 0.1) is 5.41 Å². The molecule has 0 aromatic heterocycles. The van der Waals surface area contributed by atoms with Gasteiger partial charge in [-0.1, -0.05) is 36.5 Å². The fourth-order valence-electron chi connectivity index (χ4n) is 2.05. The van der Waals surface area contributed by atoms with E-state index < -0.39 is 5.41 Å². The van der Waals surface area contributed by atoms with E-state index >= 15 is 0 Å². The fourth-order valence-corrected chi connectivity index (χ4v) is 2.35. The molecule has 2 N–H and O–H groups in total. The van der Waals surface area contributed by atoms with Crippen molar-refractivity contribution < 1.29 is 9.59 Å². The second-order valence-electron chi connectivity index (χ2n) is 5.27. The Labute approximate surface area is 134 Å². The summed E-state index contributed by atoms with van der Waals surface area (Å²) in [4.78, 5) is 24.5. The van der Waals surface area contributed by atoms with E-state index in [1.54, 1.807) is 18.2 Å². The lowest BCUT2D eigenvalue weighted by Gasteiger charge is -2.15. The SMILES string of the molecule is CCCCNC(=O)C1(C(=O)Nc2ccc(Cl)c(Cl)c2)CC1. The van der Waals surface area contributed by atoms with Crippen LogP contribution in [-0.4, -0.2) is 18.4 Å². The Hall–Kier alpha value is -1.26. The van der Waals surface area contributed by atoms with Crippen molar-refractivity contribution in [1.82, 2.24) is 5.32 Å². The Morgan fingerprint density at radius 3 is 2.48 bits per heavy atom. The van der Waals surface area contributed by atoms with Gasteiger partial charge < -0.3 is 10.6 Å². The van der Waals surface area contributed by atoms with Crippen LogP contribution in [0.4, 0.5) is 5.69 Å². The summed E-state index contributed by atoms with van der Waals surface area (Å²) in [6.45, 7) is 2.66. The lowest BCUT2D eigenvalue weighted by atomic mass is 10.0. The first-order valence-electron chi connectivity index (χ1n) is 7.04. The van der Waals surface area contributed by atoms with Gasteiger partial charge in [0.05, 0.1) is 10.0 Å². The third-order valence-electron chi connectivity index (χ3n) is 3.61. The number of anilines is 1. The maximum atomic E-state index is 12.3. The molecule has 1 fully saturated rings. The van der Waals surface area contributed by atoms with E-state index in [2.05, 4.69) is 17.6 Å². The molecule has 1 aromatic carbocycles. The van der Waals surface area contributed by atoms with Crippen LogP contribution in [0.15, 0.2) is 18.2 Å². The molecule has 2 amide bonds. The number of halogens is 2. The van der Waals surface area contributed by atoms with Crippen molar-refractivity contribution in [3.63, 3.8) is 0 Å². The van der Waals surface area contributed by atoms with E-state index in [0.29, 0.717) is 35.1 Å². The first-order chi connectivity index (χ1) is 9.99. The topological polar surface area (TPSA) is 58.2 Å². The lowest BCUT2D eigenvalue weighted by Crippen LogP contribution is -2.40. The van der Waals surface area contributed by atoms with Gasteiger partial charge in [0.15, 0.2) is 0 Å². The summed E-state index contributed by atoms with van der Waals surface area (Å²) in [5.74, 6) is -0.469. The van der Waals surface area contributed by atoms with Crippen LogP contribution in [0.1, 0.15) is 32.6 Å². The molecule has 1 aliphatic rings. The zero-order chi connectivity index (χ0) is 15.5. The largest absolute Gasteiger partial charge is 0.355 e. The molecule has 0 saturated heterocycles. The summed E-state index contributed by atoms with van der Waals surface area (Å²) >= 11 is 11.7. The van der Waals surface area contributed by atoms with Gasteiger partial charge in [-0.2, -0.15) is 0 Å². The van der Waals surface area contributed by atoms with Crippen molar-refractivity contribution in [2.24, 2.45) is 5.41 Å². The molecule has 2 rings (SSSR count). The fraction of sp³-hybridized carbons (Fsp3) is 0.467. The van der Waals surface area contributed by atoms with Gasteiger partial charge in [0.25, 0.3) is 0 Å². The van der Waals surface area contributed by atoms with Crippen molar-refractivity contribution >= 4 is 40.7 Å². The molecule has 0 radical (unpaired) electrons. The van der Waals surface area contributed by atoms with Crippen molar-refractivity contribution in [2.45, 2.75) is 32.6 Å². The Bertz CT molecular complexity index is 557. The van der Waals surface area contributed by atoms with E-state index in [-0.39, 0.29) is 11.8 Å².